The van der Waals surface area contributed by atoms with Crippen molar-refractivity contribution in [2.75, 3.05) is 6.61 Å². The molecule has 0 saturated carbocycles. The fourth-order valence-corrected chi connectivity index (χ4v) is 1.17. The van der Waals surface area contributed by atoms with Crippen molar-refractivity contribution in [2.45, 2.75) is 32.3 Å². The molecule has 0 amide bonds. The minimum absolute atomic E-state index is 0.139. The Bertz CT molecular complexity index is 110. The van der Waals surface area contributed by atoms with Crippen LogP contribution < -0.4 is 5.32 Å². The number of hydrogen-bond acceptors (Lipinski definition) is 3. The first-order valence-corrected chi connectivity index (χ1v) is 3.76. The van der Waals surface area contributed by atoms with Gasteiger partial charge >= 0.3 is 7.12 Å². The Morgan fingerprint density at radius 3 is 2.80 bits per heavy atom. The molecule has 0 bridgehead atoms. The molecule has 0 spiro atoms. The lowest BCUT2D eigenvalue weighted by Gasteiger charge is -2.14. The topological polar surface area (TPSA) is 41.5 Å². The molecule has 0 aromatic heterocycles. The van der Waals surface area contributed by atoms with Crippen molar-refractivity contribution in [2.24, 2.45) is 0 Å². The molecule has 0 radical (unpaired) electrons. The maximum atomic E-state index is 9.15. The van der Waals surface area contributed by atoms with E-state index in [1.54, 1.807) is 0 Å². The van der Waals surface area contributed by atoms with Crippen LogP contribution in [0.3, 0.4) is 0 Å². The SMILES string of the molecule is CC(C)N[C@H]1CCOB1O. The Hall–Kier alpha value is -0.0551. The standard InChI is InChI=1S/C6H14BNO2/c1-5(2)8-6-3-4-10-7(6)9/h5-6,8-9H,3-4H2,1-2H3/t6-/m0/s1. The van der Waals surface area contributed by atoms with Crippen LogP contribution in [0.5, 0.6) is 0 Å². The van der Waals surface area contributed by atoms with E-state index in [0.29, 0.717) is 12.6 Å². The van der Waals surface area contributed by atoms with Gasteiger partial charge in [-0.2, -0.15) is 0 Å². The maximum Gasteiger partial charge on any atom is 0.472 e. The molecule has 1 heterocycles. The van der Waals surface area contributed by atoms with Crippen molar-refractivity contribution in [3.63, 3.8) is 0 Å². The molecule has 0 aliphatic carbocycles. The Labute approximate surface area is 61.9 Å². The summed E-state index contributed by atoms with van der Waals surface area (Å²) in [5.74, 6) is 0.139. The molecule has 1 rings (SSSR count). The Balaban J connectivity index is 2.26. The van der Waals surface area contributed by atoms with Crippen LogP contribution in [0.2, 0.25) is 0 Å². The normalized spacial score (nSPS) is 26.4. The highest BCUT2D eigenvalue weighted by molar-refractivity contribution is 6.45. The molecule has 1 aliphatic rings. The first kappa shape index (κ1) is 8.05. The minimum atomic E-state index is -0.595. The lowest BCUT2D eigenvalue weighted by Crippen LogP contribution is -2.43. The molecule has 1 fully saturated rings. The fraction of sp³-hybridized carbons (Fsp3) is 1.00. The summed E-state index contributed by atoms with van der Waals surface area (Å²) < 4.78 is 4.96. The summed E-state index contributed by atoms with van der Waals surface area (Å²) in [5.41, 5.74) is 0. The van der Waals surface area contributed by atoms with Gasteiger partial charge in [0.25, 0.3) is 0 Å². The molecule has 1 saturated heterocycles. The van der Waals surface area contributed by atoms with E-state index in [4.69, 9.17) is 9.68 Å². The van der Waals surface area contributed by atoms with Gasteiger partial charge in [0.2, 0.25) is 0 Å². The van der Waals surface area contributed by atoms with Crippen molar-refractivity contribution in [1.82, 2.24) is 5.32 Å². The lowest BCUT2D eigenvalue weighted by atomic mass is 9.80. The van der Waals surface area contributed by atoms with Crippen LogP contribution in [0.1, 0.15) is 20.3 Å². The van der Waals surface area contributed by atoms with Gasteiger partial charge in [-0.05, 0) is 6.42 Å². The molecule has 0 aromatic carbocycles. The monoisotopic (exact) mass is 143 g/mol. The second kappa shape index (κ2) is 3.37. The predicted molar refractivity (Wildman–Crippen MR) is 40.6 cm³/mol. The van der Waals surface area contributed by atoms with Gasteiger partial charge in [0.1, 0.15) is 0 Å². The van der Waals surface area contributed by atoms with Crippen LogP contribution in [0.4, 0.5) is 0 Å². The second-order valence-electron chi connectivity index (χ2n) is 2.98. The fourth-order valence-electron chi connectivity index (χ4n) is 1.17. The van der Waals surface area contributed by atoms with Crippen molar-refractivity contribution >= 4 is 7.12 Å². The lowest BCUT2D eigenvalue weighted by molar-refractivity contribution is 0.300. The summed E-state index contributed by atoms with van der Waals surface area (Å²) >= 11 is 0. The van der Waals surface area contributed by atoms with Crippen molar-refractivity contribution in [3.8, 4) is 0 Å². The van der Waals surface area contributed by atoms with Gasteiger partial charge in [0.05, 0.1) is 0 Å². The van der Waals surface area contributed by atoms with Crippen LogP contribution >= 0.6 is 0 Å². The Morgan fingerprint density at radius 2 is 2.40 bits per heavy atom. The largest absolute Gasteiger partial charge is 0.472 e. The smallest absolute Gasteiger partial charge is 0.426 e. The van der Waals surface area contributed by atoms with Crippen LogP contribution in [0.15, 0.2) is 0 Å². The molecular weight excluding hydrogens is 129 g/mol. The van der Waals surface area contributed by atoms with Gasteiger partial charge < -0.3 is 15.0 Å². The molecule has 0 unspecified atom stereocenters. The zero-order valence-electron chi connectivity index (χ0n) is 6.50. The van der Waals surface area contributed by atoms with Crippen LogP contribution in [-0.4, -0.2) is 30.7 Å². The van der Waals surface area contributed by atoms with E-state index >= 15 is 0 Å². The molecule has 4 heteroatoms. The van der Waals surface area contributed by atoms with E-state index in [2.05, 4.69) is 19.2 Å². The van der Waals surface area contributed by atoms with E-state index in [9.17, 15) is 0 Å². The van der Waals surface area contributed by atoms with Gasteiger partial charge in [0.15, 0.2) is 0 Å². The summed E-state index contributed by atoms with van der Waals surface area (Å²) in [6.07, 6.45) is 0.916. The molecule has 10 heavy (non-hydrogen) atoms. The third-order valence-electron chi connectivity index (χ3n) is 1.61. The predicted octanol–water partition coefficient (Wildman–Crippen LogP) is -0.207. The first-order chi connectivity index (χ1) is 4.70. The summed E-state index contributed by atoms with van der Waals surface area (Å²) in [4.78, 5) is 0. The Kier molecular flexibility index (Phi) is 2.71. The van der Waals surface area contributed by atoms with Gasteiger partial charge in [-0.15, -0.1) is 0 Å². The van der Waals surface area contributed by atoms with E-state index in [1.165, 1.54) is 0 Å². The zero-order valence-corrected chi connectivity index (χ0v) is 6.50. The van der Waals surface area contributed by atoms with Gasteiger partial charge in [-0.3, -0.25) is 0 Å². The average Bonchev–Trinajstić information content (AvgIpc) is 2.15. The second-order valence-corrected chi connectivity index (χ2v) is 2.98. The summed E-state index contributed by atoms with van der Waals surface area (Å²) in [6, 6.07) is 0.418. The molecule has 3 nitrogen and oxygen atoms in total. The highest BCUT2D eigenvalue weighted by atomic mass is 16.5. The van der Waals surface area contributed by atoms with Crippen LogP contribution in [-0.2, 0) is 4.65 Å². The van der Waals surface area contributed by atoms with Crippen molar-refractivity contribution in [3.05, 3.63) is 0 Å². The highest BCUT2D eigenvalue weighted by Crippen LogP contribution is 2.07. The number of hydrogen-bond donors (Lipinski definition) is 2. The van der Waals surface area contributed by atoms with Crippen molar-refractivity contribution < 1.29 is 9.68 Å². The maximum absolute atomic E-state index is 9.15. The number of nitrogens with one attached hydrogen (secondary N) is 1. The highest BCUT2D eigenvalue weighted by Gasteiger charge is 2.32. The van der Waals surface area contributed by atoms with E-state index in [1.807, 2.05) is 0 Å². The van der Waals surface area contributed by atoms with Crippen LogP contribution in [0.25, 0.3) is 0 Å². The third-order valence-corrected chi connectivity index (χ3v) is 1.61. The van der Waals surface area contributed by atoms with Gasteiger partial charge in [0, 0.05) is 18.6 Å². The molecular formula is C6H14BNO2. The van der Waals surface area contributed by atoms with Gasteiger partial charge in [-0.1, -0.05) is 13.8 Å². The molecule has 58 valence electrons. The van der Waals surface area contributed by atoms with Crippen molar-refractivity contribution in [1.29, 1.82) is 0 Å². The average molecular weight is 143 g/mol. The molecule has 1 aliphatic heterocycles. The third kappa shape index (κ3) is 1.97. The summed E-state index contributed by atoms with van der Waals surface area (Å²) in [5, 5.41) is 12.4. The van der Waals surface area contributed by atoms with Gasteiger partial charge in [-0.25, -0.2) is 0 Å². The molecule has 0 aromatic rings. The summed E-state index contributed by atoms with van der Waals surface area (Å²) in [7, 11) is -0.595. The number of rotatable bonds is 2. The Morgan fingerprint density at radius 1 is 1.70 bits per heavy atom. The molecule has 2 N–H and O–H groups in total. The minimum Gasteiger partial charge on any atom is -0.426 e. The van der Waals surface area contributed by atoms with E-state index in [0.717, 1.165) is 6.42 Å². The first-order valence-electron chi connectivity index (χ1n) is 3.76. The van der Waals surface area contributed by atoms with Crippen LogP contribution in [0, 0.1) is 0 Å². The van der Waals surface area contributed by atoms with E-state index in [-0.39, 0.29) is 5.94 Å². The zero-order chi connectivity index (χ0) is 7.56. The van der Waals surface area contributed by atoms with E-state index < -0.39 is 7.12 Å². The quantitative estimate of drug-likeness (QED) is 0.525. The summed E-state index contributed by atoms with van der Waals surface area (Å²) in [6.45, 7) is 4.79. The molecule has 1 atom stereocenters.